The van der Waals surface area contributed by atoms with Crippen LogP contribution >= 0.6 is 11.8 Å². The summed E-state index contributed by atoms with van der Waals surface area (Å²) in [6.07, 6.45) is 1.20. The van der Waals surface area contributed by atoms with Crippen LogP contribution in [-0.4, -0.2) is 18.2 Å². The molecule has 2 nitrogen and oxygen atoms in total. The number of carbonyl (C=O) groups is 1. The zero-order valence-electron chi connectivity index (χ0n) is 13.5. The van der Waals surface area contributed by atoms with E-state index in [1.54, 1.807) is 11.8 Å². The van der Waals surface area contributed by atoms with Crippen molar-refractivity contribution in [3.8, 4) is 0 Å². The Morgan fingerprint density at radius 2 is 1.87 bits per heavy atom. The highest BCUT2D eigenvalue weighted by Crippen LogP contribution is 2.46. The minimum absolute atomic E-state index is 0.154. The van der Waals surface area contributed by atoms with Crippen molar-refractivity contribution < 1.29 is 4.79 Å². The highest BCUT2D eigenvalue weighted by Gasteiger charge is 2.37. The van der Waals surface area contributed by atoms with E-state index < -0.39 is 0 Å². The van der Waals surface area contributed by atoms with Crippen LogP contribution in [0, 0.1) is 12.8 Å². The summed E-state index contributed by atoms with van der Waals surface area (Å²) in [7, 11) is 0. The fourth-order valence-electron chi connectivity index (χ4n) is 2.82. The number of hydrogen-bond acceptors (Lipinski definition) is 2. The number of carbonyl (C=O) groups excluding carboxylic acids is 1. The van der Waals surface area contributed by atoms with Crippen molar-refractivity contribution in [2.24, 2.45) is 5.92 Å². The van der Waals surface area contributed by atoms with Crippen LogP contribution in [0.25, 0.3) is 0 Å². The highest BCUT2D eigenvalue weighted by atomic mass is 32.2. The second-order valence-electron chi connectivity index (χ2n) is 6.30. The summed E-state index contributed by atoms with van der Waals surface area (Å²) >= 11 is 1.68. The maximum atomic E-state index is 11.9. The molecule has 0 aromatic heterocycles. The quantitative estimate of drug-likeness (QED) is 0.828. The second-order valence-corrected chi connectivity index (χ2v) is 7.28. The molecule has 2 unspecified atom stereocenters. The summed E-state index contributed by atoms with van der Waals surface area (Å²) in [6.45, 7) is 2.90. The minimum Gasteiger partial charge on any atom is -0.355 e. The molecule has 0 spiro atoms. The first kappa shape index (κ1) is 16.1. The first-order chi connectivity index (χ1) is 11.2. The topological polar surface area (TPSA) is 29.1 Å². The molecule has 0 heterocycles. The van der Waals surface area contributed by atoms with Gasteiger partial charge in [0.15, 0.2) is 0 Å². The van der Waals surface area contributed by atoms with Crippen molar-refractivity contribution in [2.45, 2.75) is 25.0 Å². The van der Waals surface area contributed by atoms with Gasteiger partial charge in [0.2, 0.25) is 5.91 Å². The van der Waals surface area contributed by atoms with E-state index in [1.807, 2.05) is 6.07 Å². The number of thioether (sulfide) groups is 1. The van der Waals surface area contributed by atoms with E-state index in [0.29, 0.717) is 17.6 Å². The zero-order valence-corrected chi connectivity index (χ0v) is 14.3. The van der Waals surface area contributed by atoms with Crippen LogP contribution in [-0.2, 0) is 10.5 Å². The van der Waals surface area contributed by atoms with E-state index in [1.165, 1.54) is 23.1 Å². The first-order valence-corrected chi connectivity index (χ1v) is 9.33. The lowest BCUT2D eigenvalue weighted by molar-refractivity contribution is -0.118. The third kappa shape index (κ3) is 4.87. The van der Waals surface area contributed by atoms with Gasteiger partial charge in [-0.3, -0.25) is 4.79 Å². The van der Waals surface area contributed by atoms with Gasteiger partial charge in [-0.1, -0.05) is 60.2 Å². The van der Waals surface area contributed by atoms with E-state index in [2.05, 4.69) is 60.8 Å². The Hall–Kier alpha value is -1.74. The predicted octanol–water partition coefficient (Wildman–Crippen LogP) is 4.15. The van der Waals surface area contributed by atoms with Gasteiger partial charge in [-0.05, 0) is 36.3 Å². The molecular formula is C20H23NOS. The lowest BCUT2D eigenvalue weighted by Crippen LogP contribution is -2.27. The Morgan fingerprint density at radius 1 is 1.13 bits per heavy atom. The fourth-order valence-corrected chi connectivity index (χ4v) is 3.64. The molecule has 0 bridgehead atoms. The van der Waals surface area contributed by atoms with E-state index >= 15 is 0 Å². The highest BCUT2D eigenvalue weighted by molar-refractivity contribution is 7.99. The van der Waals surface area contributed by atoms with E-state index in [0.717, 1.165) is 12.3 Å². The first-order valence-electron chi connectivity index (χ1n) is 8.17. The van der Waals surface area contributed by atoms with Crippen LogP contribution < -0.4 is 5.32 Å². The van der Waals surface area contributed by atoms with Gasteiger partial charge in [-0.2, -0.15) is 0 Å². The van der Waals surface area contributed by atoms with Gasteiger partial charge in [0.25, 0.3) is 0 Å². The molecule has 2 aromatic rings. The van der Waals surface area contributed by atoms with Crippen LogP contribution in [0.3, 0.4) is 0 Å². The largest absolute Gasteiger partial charge is 0.355 e. The van der Waals surface area contributed by atoms with Crippen LogP contribution in [0.2, 0.25) is 0 Å². The molecule has 2 aromatic carbocycles. The molecule has 3 heteroatoms. The monoisotopic (exact) mass is 325 g/mol. The molecule has 1 amide bonds. The zero-order chi connectivity index (χ0) is 16.1. The number of hydrogen-bond donors (Lipinski definition) is 1. The van der Waals surface area contributed by atoms with Gasteiger partial charge in [-0.15, -0.1) is 11.8 Å². The van der Waals surface area contributed by atoms with Crippen molar-refractivity contribution in [2.75, 3.05) is 12.3 Å². The van der Waals surface area contributed by atoms with Crippen LogP contribution in [0.4, 0.5) is 0 Å². The van der Waals surface area contributed by atoms with Crippen LogP contribution in [0.1, 0.15) is 29.0 Å². The van der Waals surface area contributed by atoms with Crippen molar-refractivity contribution >= 4 is 17.7 Å². The SMILES string of the molecule is Cc1ccc(CSCC(=O)NCC2CC2c2ccccc2)cc1. The average molecular weight is 325 g/mol. The van der Waals surface area contributed by atoms with Gasteiger partial charge in [0.1, 0.15) is 0 Å². The Balaban J connectivity index is 1.32. The predicted molar refractivity (Wildman–Crippen MR) is 97.6 cm³/mol. The molecule has 2 atom stereocenters. The summed E-state index contributed by atoms with van der Waals surface area (Å²) in [5.41, 5.74) is 3.95. The van der Waals surface area contributed by atoms with E-state index in [4.69, 9.17) is 0 Å². The van der Waals surface area contributed by atoms with E-state index in [9.17, 15) is 4.79 Å². The third-order valence-corrected chi connectivity index (χ3v) is 5.34. The molecule has 1 N–H and O–H groups in total. The molecule has 0 radical (unpaired) electrons. The number of rotatable bonds is 7. The maximum absolute atomic E-state index is 11.9. The molecule has 1 aliphatic rings. The van der Waals surface area contributed by atoms with Gasteiger partial charge in [-0.25, -0.2) is 0 Å². The molecule has 3 rings (SSSR count). The molecular weight excluding hydrogens is 302 g/mol. The summed E-state index contributed by atoms with van der Waals surface area (Å²) in [5, 5.41) is 3.08. The number of amides is 1. The summed E-state index contributed by atoms with van der Waals surface area (Å²) in [4.78, 5) is 11.9. The number of aryl methyl sites for hydroxylation is 1. The van der Waals surface area contributed by atoms with E-state index in [-0.39, 0.29) is 5.91 Å². The van der Waals surface area contributed by atoms with Crippen molar-refractivity contribution in [3.05, 3.63) is 71.3 Å². The molecule has 0 saturated heterocycles. The molecule has 1 saturated carbocycles. The number of nitrogens with one attached hydrogen (secondary N) is 1. The lowest BCUT2D eigenvalue weighted by Gasteiger charge is -2.06. The smallest absolute Gasteiger partial charge is 0.230 e. The van der Waals surface area contributed by atoms with Crippen LogP contribution in [0.15, 0.2) is 54.6 Å². The standard InChI is InChI=1S/C20H23NOS/c1-15-7-9-16(10-8-15)13-23-14-20(22)21-12-18-11-19(18)17-5-3-2-4-6-17/h2-10,18-19H,11-14H2,1H3,(H,21,22). The summed E-state index contributed by atoms with van der Waals surface area (Å²) < 4.78 is 0. The maximum Gasteiger partial charge on any atom is 0.230 e. The molecule has 23 heavy (non-hydrogen) atoms. The van der Waals surface area contributed by atoms with Crippen LogP contribution in [0.5, 0.6) is 0 Å². The normalized spacial score (nSPS) is 19.3. The molecule has 1 aliphatic carbocycles. The molecule has 1 fully saturated rings. The number of benzene rings is 2. The molecule has 120 valence electrons. The Bertz CT molecular complexity index is 638. The Kier molecular flexibility index (Phi) is 5.39. The fraction of sp³-hybridized carbons (Fsp3) is 0.350. The van der Waals surface area contributed by atoms with Gasteiger partial charge < -0.3 is 5.32 Å². The van der Waals surface area contributed by atoms with Gasteiger partial charge in [0.05, 0.1) is 5.75 Å². The van der Waals surface area contributed by atoms with Gasteiger partial charge >= 0.3 is 0 Å². The summed E-state index contributed by atoms with van der Waals surface area (Å²) in [6, 6.07) is 19.1. The van der Waals surface area contributed by atoms with Crippen molar-refractivity contribution in [3.63, 3.8) is 0 Å². The second kappa shape index (κ2) is 7.69. The summed E-state index contributed by atoms with van der Waals surface area (Å²) in [5.74, 6) is 2.83. The molecule has 0 aliphatic heterocycles. The average Bonchev–Trinajstić information content (AvgIpc) is 3.35. The van der Waals surface area contributed by atoms with Crippen molar-refractivity contribution in [1.82, 2.24) is 5.32 Å². The third-order valence-electron chi connectivity index (χ3n) is 4.33. The minimum atomic E-state index is 0.154. The lowest BCUT2D eigenvalue weighted by atomic mass is 10.1. The van der Waals surface area contributed by atoms with Crippen molar-refractivity contribution in [1.29, 1.82) is 0 Å². The van der Waals surface area contributed by atoms with Gasteiger partial charge in [0, 0.05) is 12.3 Å². The Morgan fingerprint density at radius 3 is 2.61 bits per heavy atom. The Labute approximate surface area is 142 Å².